The van der Waals surface area contributed by atoms with Gasteiger partial charge in [-0.05, 0) is 48.5 Å². The van der Waals surface area contributed by atoms with Crippen molar-refractivity contribution in [2.24, 2.45) is 0 Å². The minimum atomic E-state index is -4.57. The van der Waals surface area contributed by atoms with Crippen molar-refractivity contribution in [3.05, 3.63) is 90.3 Å². The van der Waals surface area contributed by atoms with E-state index < -0.39 is 17.6 Å². The molecule has 11 heteroatoms. The van der Waals surface area contributed by atoms with Gasteiger partial charge in [-0.15, -0.1) is 10.2 Å². The molecule has 0 aliphatic rings. The molecule has 7 nitrogen and oxygen atoms in total. The Bertz CT molecular complexity index is 1310. The van der Waals surface area contributed by atoms with Gasteiger partial charge in [0, 0.05) is 11.4 Å². The summed E-state index contributed by atoms with van der Waals surface area (Å²) >= 11 is 1.08. The Kier molecular flexibility index (Phi) is 7.79. The lowest BCUT2D eigenvalue weighted by Crippen LogP contribution is -2.18. The van der Waals surface area contributed by atoms with E-state index >= 15 is 0 Å². The van der Waals surface area contributed by atoms with Crippen LogP contribution in [-0.4, -0.2) is 33.5 Å². The third-order valence-corrected chi connectivity index (χ3v) is 6.02. The Morgan fingerprint density at radius 3 is 2.36 bits per heavy atom. The molecule has 2 N–H and O–H groups in total. The number of hydrogen-bond acceptors (Lipinski definition) is 6. The maximum absolute atomic E-state index is 13.2. The summed E-state index contributed by atoms with van der Waals surface area (Å²) in [5.74, 6) is 0.602. The van der Waals surface area contributed by atoms with Gasteiger partial charge < -0.3 is 15.4 Å². The molecule has 1 aromatic heterocycles. The number of rotatable bonds is 9. The predicted octanol–water partition coefficient (Wildman–Crippen LogP) is 5.64. The number of carbonyl (C=O) groups is 1. The number of carbonyl (C=O) groups excluding carboxylic acids is 1. The number of amides is 1. The molecule has 0 radical (unpaired) electrons. The van der Waals surface area contributed by atoms with Crippen LogP contribution in [0.25, 0.3) is 5.69 Å². The highest BCUT2D eigenvalue weighted by molar-refractivity contribution is 7.99. The third kappa shape index (κ3) is 6.16. The molecule has 0 atom stereocenters. The first-order valence-electron chi connectivity index (χ1n) is 10.8. The first kappa shape index (κ1) is 25.1. The monoisotopic (exact) mass is 513 g/mol. The molecule has 0 bridgehead atoms. The zero-order valence-electron chi connectivity index (χ0n) is 19.1. The second-order valence-corrected chi connectivity index (χ2v) is 8.47. The minimum Gasteiger partial charge on any atom is -0.497 e. The Morgan fingerprint density at radius 2 is 1.67 bits per heavy atom. The summed E-state index contributed by atoms with van der Waals surface area (Å²) in [7, 11) is 1.60. The molecule has 0 unspecified atom stereocenters. The number of anilines is 2. The Labute approximate surface area is 209 Å². The number of ether oxygens (including phenoxy) is 1. The highest BCUT2D eigenvalue weighted by atomic mass is 32.2. The van der Waals surface area contributed by atoms with E-state index in [-0.39, 0.29) is 11.4 Å². The minimum absolute atomic E-state index is 0.150. The number of methoxy groups -OCH3 is 1. The van der Waals surface area contributed by atoms with Crippen LogP contribution in [0.2, 0.25) is 0 Å². The zero-order valence-corrected chi connectivity index (χ0v) is 19.9. The van der Waals surface area contributed by atoms with Crippen LogP contribution in [0.1, 0.15) is 11.4 Å². The Morgan fingerprint density at radius 1 is 0.972 bits per heavy atom. The normalized spacial score (nSPS) is 11.2. The quantitative estimate of drug-likeness (QED) is 0.282. The largest absolute Gasteiger partial charge is 0.497 e. The fraction of sp³-hybridized carbons (Fsp3) is 0.160. The molecule has 1 heterocycles. The van der Waals surface area contributed by atoms with Crippen LogP contribution in [0.5, 0.6) is 5.75 Å². The molecule has 3 aromatic carbocycles. The summed E-state index contributed by atoms with van der Waals surface area (Å²) < 4.78 is 46.7. The molecule has 186 valence electrons. The van der Waals surface area contributed by atoms with E-state index in [0.717, 1.165) is 35.0 Å². The van der Waals surface area contributed by atoms with Gasteiger partial charge in [0.25, 0.3) is 0 Å². The van der Waals surface area contributed by atoms with E-state index in [1.54, 1.807) is 11.7 Å². The summed E-state index contributed by atoms with van der Waals surface area (Å²) in [5.41, 5.74) is 0.460. The van der Waals surface area contributed by atoms with Crippen molar-refractivity contribution in [1.29, 1.82) is 0 Å². The molecule has 4 aromatic rings. The molecule has 4 rings (SSSR count). The second-order valence-electron chi connectivity index (χ2n) is 7.53. The molecule has 0 fully saturated rings. The maximum Gasteiger partial charge on any atom is 0.418 e. The first-order chi connectivity index (χ1) is 17.3. The molecule has 1 amide bonds. The van der Waals surface area contributed by atoms with Crippen molar-refractivity contribution in [1.82, 2.24) is 14.8 Å². The van der Waals surface area contributed by atoms with E-state index in [0.29, 0.717) is 17.5 Å². The van der Waals surface area contributed by atoms with E-state index in [1.165, 1.54) is 18.2 Å². The van der Waals surface area contributed by atoms with Gasteiger partial charge in [0.1, 0.15) is 5.75 Å². The predicted molar refractivity (Wildman–Crippen MR) is 132 cm³/mol. The first-order valence-corrected chi connectivity index (χ1v) is 11.8. The number of nitrogens with zero attached hydrogens (tertiary/aromatic N) is 3. The van der Waals surface area contributed by atoms with Crippen molar-refractivity contribution in [2.45, 2.75) is 17.9 Å². The standard InChI is InChI=1S/C25H22F3N5O2S/c1-35-19-13-11-17(12-14-19)29-15-22-31-32-24(33(22)18-7-3-2-4-8-18)36-16-23(34)30-21-10-6-5-9-20(21)25(26,27)28/h2-14,29H,15-16H2,1H3,(H,30,34). The zero-order chi connectivity index (χ0) is 25.5. The maximum atomic E-state index is 13.2. The molecule has 36 heavy (non-hydrogen) atoms. The van der Waals surface area contributed by atoms with Crippen molar-refractivity contribution in [2.75, 3.05) is 23.5 Å². The summed E-state index contributed by atoms with van der Waals surface area (Å²) in [6, 6.07) is 21.6. The highest BCUT2D eigenvalue weighted by Gasteiger charge is 2.33. The molecule has 0 saturated heterocycles. The SMILES string of the molecule is COc1ccc(NCc2nnc(SCC(=O)Nc3ccccc3C(F)(F)F)n2-c2ccccc2)cc1. The van der Waals surface area contributed by atoms with E-state index in [1.807, 2.05) is 54.6 Å². The van der Waals surface area contributed by atoms with Gasteiger partial charge in [0.15, 0.2) is 11.0 Å². The number of hydrogen-bond donors (Lipinski definition) is 2. The second kappa shape index (κ2) is 11.2. The number of benzene rings is 3. The Hall–Kier alpha value is -3.99. The number of aromatic nitrogens is 3. The van der Waals surface area contributed by atoms with Gasteiger partial charge in [-0.3, -0.25) is 9.36 Å². The van der Waals surface area contributed by atoms with Gasteiger partial charge in [-0.25, -0.2) is 0 Å². The van der Waals surface area contributed by atoms with Gasteiger partial charge in [-0.1, -0.05) is 42.1 Å². The summed E-state index contributed by atoms with van der Waals surface area (Å²) in [6.45, 7) is 0.347. The number of thioether (sulfide) groups is 1. The lowest BCUT2D eigenvalue weighted by molar-refractivity contribution is -0.137. The third-order valence-electron chi connectivity index (χ3n) is 5.09. The lowest BCUT2D eigenvalue weighted by Gasteiger charge is -2.14. The average molecular weight is 514 g/mol. The lowest BCUT2D eigenvalue weighted by atomic mass is 10.1. The number of nitrogens with one attached hydrogen (secondary N) is 2. The van der Waals surface area contributed by atoms with Crippen LogP contribution in [-0.2, 0) is 17.5 Å². The van der Waals surface area contributed by atoms with Crippen molar-refractivity contribution >= 4 is 29.0 Å². The highest BCUT2D eigenvalue weighted by Crippen LogP contribution is 2.34. The van der Waals surface area contributed by atoms with Crippen LogP contribution in [0.15, 0.2) is 84.0 Å². The average Bonchev–Trinajstić information content (AvgIpc) is 3.29. The molecular weight excluding hydrogens is 491 g/mol. The van der Waals surface area contributed by atoms with Gasteiger partial charge in [0.2, 0.25) is 5.91 Å². The van der Waals surface area contributed by atoms with Gasteiger partial charge >= 0.3 is 6.18 Å². The summed E-state index contributed by atoms with van der Waals surface area (Å²) in [4.78, 5) is 12.5. The molecule has 0 aliphatic heterocycles. The van der Waals surface area contributed by atoms with Crippen LogP contribution >= 0.6 is 11.8 Å². The van der Waals surface area contributed by atoms with Crippen molar-refractivity contribution in [3.8, 4) is 11.4 Å². The van der Waals surface area contributed by atoms with Gasteiger partial charge in [0.05, 0.1) is 30.7 Å². The fourth-order valence-corrected chi connectivity index (χ4v) is 4.16. The summed E-state index contributed by atoms with van der Waals surface area (Å²) in [5, 5.41) is 14.6. The molecule has 0 spiro atoms. The van der Waals surface area contributed by atoms with Crippen LogP contribution < -0.4 is 15.4 Å². The topological polar surface area (TPSA) is 81.1 Å². The smallest absolute Gasteiger partial charge is 0.418 e. The van der Waals surface area contributed by atoms with Crippen LogP contribution in [0.3, 0.4) is 0 Å². The van der Waals surface area contributed by atoms with Crippen molar-refractivity contribution < 1.29 is 22.7 Å². The number of alkyl halides is 3. The van der Waals surface area contributed by atoms with Crippen molar-refractivity contribution in [3.63, 3.8) is 0 Å². The molecular formula is C25H22F3N5O2S. The Balaban J connectivity index is 1.49. The molecule has 0 aliphatic carbocycles. The number of halogens is 3. The summed E-state index contributed by atoms with van der Waals surface area (Å²) in [6.07, 6.45) is -4.57. The fourth-order valence-electron chi connectivity index (χ4n) is 3.39. The van der Waals surface area contributed by atoms with Crippen LogP contribution in [0, 0.1) is 0 Å². The van der Waals surface area contributed by atoms with E-state index in [9.17, 15) is 18.0 Å². The van der Waals surface area contributed by atoms with E-state index in [4.69, 9.17) is 4.74 Å². The molecule has 0 saturated carbocycles. The van der Waals surface area contributed by atoms with Gasteiger partial charge in [-0.2, -0.15) is 13.2 Å². The van der Waals surface area contributed by atoms with Crippen LogP contribution in [0.4, 0.5) is 24.5 Å². The van der Waals surface area contributed by atoms with E-state index in [2.05, 4.69) is 20.8 Å². The number of para-hydroxylation sites is 2.